The van der Waals surface area contributed by atoms with E-state index in [1.54, 1.807) is 0 Å². The standard InChI is InChI=1S/C28H43F2NO3/c1-18(17-31-13-11-28(34,12-14-31)26(29)30)23-8-9-24-20(5-4-10-27(23,24)3)6-7-21-15-22(32)16-25(33)19(21)2/h6-7,18,22-26,32-34H,2,4-5,8-17H2,1,3H3/b20-6+,21-7-/t18-,22-,23-,24?,25+,27-/m1/s1. The van der Waals surface area contributed by atoms with Crippen LogP contribution in [0.25, 0.3) is 0 Å². The lowest BCUT2D eigenvalue weighted by molar-refractivity contribution is -0.128. The number of halogens is 2. The van der Waals surface area contributed by atoms with Crippen LogP contribution in [-0.2, 0) is 0 Å². The van der Waals surface area contributed by atoms with E-state index in [4.69, 9.17) is 0 Å². The molecule has 6 atom stereocenters. The molecular formula is C28H43F2NO3. The number of hydrogen-bond acceptors (Lipinski definition) is 4. The van der Waals surface area contributed by atoms with E-state index < -0.39 is 24.2 Å². The van der Waals surface area contributed by atoms with Gasteiger partial charge in [-0.1, -0.05) is 38.2 Å². The van der Waals surface area contributed by atoms with E-state index in [2.05, 4.69) is 37.5 Å². The Kier molecular flexibility index (Phi) is 7.74. The molecule has 4 fully saturated rings. The average molecular weight is 480 g/mol. The molecule has 3 aliphatic carbocycles. The highest BCUT2D eigenvalue weighted by Gasteiger charge is 2.51. The normalized spacial score (nSPS) is 40.2. The topological polar surface area (TPSA) is 63.9 Å². The van der Waals surface area contributed by atoms with E-state index in [1.165, 1.54) is 31.3 Å². The maximum absolute atomic E-state index is 13.1. The third-order valence-electron chi connectivity index (χ3n) is 9.66. The molecule has 0 bridgehead atoms. The van der Waals surface area contributed by atoms with Gasteiger partial charge >= 0.3 is 0 Å². The van der Waals surface area contributed by atoms with Gasteiger partial charge in [0, 0.05) is 26.1 Å². The van der Waals surface area contributed by atoms with Crippen LogP contribution >= 0.6 is 0 Å². The van der Waals surface area contributed by atoms with Crippen molar-refractivity contribution in [3.8, 4) is 0 Å². The first-order valence-electron chi connectivity index (χ1n) is 13.2. The molecular weight excluding hydrogens is 436 g/mol. The van der Waals surface area contributed by atoms with E-state index in [1.807, 2.05) is 0 Å². The first-order valence-corrected chi connectivity index (χ1v) is 13.2. The highest BCUT2D eigenvalue weighted by molar-refractivity contribution is 5.38. The van der Waals surface area contributed by atoms with Gasteiger partial charge in [0.25, 0.3) is 6.43 Å². The SMILES string of the molecule is C=C1/C(=C\C=C2/CCC[C@@]3(C)C2CC[C@@H]3[C@H](C)CN2CCC(O)(C(F)F)CC2)C[C@@H](O)C[C@@H]1O. The Morgan fingerprint density at radius 3 is 2.53 bits per heavy atom. The summed E-state index contributed by atoms with van der Waals surface area (Å²) in [6.45, 7) is 10.8. The van der Waals surface area contributed by atoms with Crippen molar-refractivity contribution in [2.45, 2.75) is 95.9 Å². The molecule has 0 aromatic heterocycles. The van der Waals surface area contributed by atoms with Gasteiger partial charge in [0.05, 0.1) is 12.2 Å². The molecule has 0 amide bonds. The van der Waals surface area contributed by atoms with Gasteiger partial charge < -0.3 is 20.2 Å². The van der Waals surface area contributed by atoms with Crippen LogP contribution in [-0.4, -0.2) is 64.1 Å². The second-order valence-corrected chi connectivity index (χ2v) is 11.8. The molecule has 3 N–H and O–H groups in total. The summed E-state index contributed by atoms with van der Waals surface area (Å²) >= 11 is 0. The van der Waals surface area contributed by atoms with Gasteiger partial charge in [0.15, 0.2) is 0 Å². The van der Waals surface area contributed by atoms with E-state index in [0.29, 0.717) is 43.7 Å². The minimum Gasteiger partial charge on any atom is -0.393 e. The van der Waals surface area contributed by atoms with Crippen LogP contribution in [0.3, 0.4) is 0 Å². The van der Waals surface area contributed by atoms with Gasteiger partial charge in [0.2, 0.25) is 0 Å². The lowest BCUT2D eigenvalue weighted by atomic mass is 9.61. The van der Waals surface area contributed by atoms with Gasteiger partial charge in [-0.25, -0.2) is 8.78 Å². The third-order valence-corrected chi connectivity index (χ3v) is 9.66. The Hall–Kier alpha value is -1.08. The molecule has 0 aromatic rings. The lowest BCUT2D eigenvalue weighted by Crippen LogP contribution is -2.50. The molecule has 4 aliphatic rings. The fraction of sp³-hybridized carbons (Fsp3) is 0.786. The Morgan fingerprint density at radius 1 is 1.15 bits per heavy atom. The predicted molar refractivity (Wildman–Crippen MR) is 131 cm³/mol. The zero-order valence-corrected chi connectivity index (χ0v) is 20.9. The zero-order valence-electron chi connectivity index (χ0n) is 20.9. The van der Waals surface area contributed by atoms with E-state index in [-0.39, 0.29) is 18.3 Å². The van der Waals surface area contributed by atoms with Crippen molar-refractivity contribution in [1.82, 2.24) is 4.90 Å². The van der Waals surface area contributed by atoms with E-state index in [0.717, 1.165) is 24.1 Å². The zero-order chi connectivity index (χ0) is 24.7. The second kappa shape index (κ2) is 10.1. The molecule has 192 valence electrons. The molecule has 6 heteroatoms. The van der Waals surface area contributed by atoms with Gasteiger partial charge in [0.1, 0.15) is 5.60 Å². The Balaban J connectivity index is 1.42. The van der Waals surface area contributed by atoms with Crippen LogP contribution in [0.1, 0.15) is 71.6 Å². The number of allylic oxidation sites excluding steroid dienone is 3. The molecule has 1 unspecified atom stereocenters. The highest BCUT2D eigenvalue weighted by atomic mass is 19.3. The fourth-order valence-corrected chi connectivity index (χ4v) is 7.55. The highest BCUT2D eigenvalue weighted by Crippen LogP contribution is 2.59. The molecule has 1 heterocycles. The summed E-state index contributed by atoms with van der Waals surface area (Å²) in [6.07, 6.45) is 7.57. The number of nitrogens with zero attached hydrogens (tertiary/aromatic N) is 1. The number of piperidine rings is 1. The second-order valence-electron chi connectivity index (χ2n) is 11.8. The summed E-state index contributed by atoms with van der Waals surface area (Å²) < 4.78 is 26.3. The van der Waals surface area contributed by atoms with E-state index in [9.17, 15) is 24.1 Å². The number of likely N-dealkylation sites (tertiary alicyclic amines) is 1. The summed E-state index contributed by atoms with van der Waals surface area (Å²) in [5.74, 6) is 1.62. The fourth-order valence-electron chi connectivity index (χ4n) is 7.55. The van der Waals surface area contributed by atoms with Crippen molar-refractivity contribution in [2.24, 2.45) is 23.2 Å². The van der Waals surface area contributed by atoms with Gasteiger partial charge in [-0.15, -0.1) is 0 Å². The Labute approximate surface area is 203 Å². The van der Waals surface area contributed by atoms with Crippen LogP contribution in [0.2, 0.25) is 0 Å². The number of rotatable bonds is 5. The largest absolute Gasteiger partial charge is 0.393 e. The van der Waals surface area contributed by atoms with Crippen LogP contribution in [0.15, 0.2) is 35.5 Å². The molecule has 4 rings (SSSR count). The Bertz CT molecular complexity index is 816. The van der Waals surface area contributed by atoms with Crippen LogP contribution in [0.5, 0.6) is 0 Å². The molecule has 0 radical (unpaired) electrons. The van der Waals surface area contributed by atoms with Crippen LogP contribution < -0.4 is 0 Å². The molecule has 4 nitrogen and oxygen atoms in total. The third kappa shape index (κ3) is 5.07. The van der Waals surface area contributed by atoms with Crippen molar-refractivity contribution in [3.05, 3.63) is 35.5 Å². The number of aliphatic hydroxyl groups excluding tert-OH is 2. The number of alkyl halides is 2. The smallest absolute Gasteiger partial charge is 0.266 e. The summed E-state index contributed by atoms with van der Waals surface area (Å²) in [5.41, 5.74) is 1.61. The molecule has 0 aromatic carbocycles. The summed E-state index contributed by atoms with van der Waals surface area (Å²) in [5, 5.41) is 30.3. The number of hydrogen-bond donors (Lipinski definition) is 3. The monoisotopic (exact) mass is 479 g/mol. The van der Waals surface area contributed by atoms with Crippen molar-refractivity contribution in [3.63, 3.8) is 0 Å². The lowest BCUT2D eigenvalue weighted by Gasteiger charge is -2.46. The molecule has 1 aliphatic heterocycles. The predicted octanol–water partition coefficient (Wildman–Crippen LogP) is 4.86. The van der Waals surface area contributed by atoms with Crippen molar-refractivity contribution in [1.29, 1.82) is 0 Å². The number of fused-ring (bicyclic) bond motifs is 1. The van der Waals surface area contributed by atoms with Gasteiger partial charge in [-0.3, -0.25) is 0 Å². The van der Waals surface area contributed by atoms with Crippen molar-refractivity contribution >= 4 is 0 Å². The van der Waals surface area contributed by atoms with E-state index >= 15 is 0 Å². The summed E-state index contributed by atoms with van der Waals surface area (Å²) in [4.78, 5) is 2.27. The van der Waals surface area contributed by atoms with Crippen LogP contribution in [0, 0.1) is 23.2 Å². The van der Waals surface area contributed by atoms with Gasteiger partial charge in [-0.05, 0) is 85.7 Å². The minimum atomic E-state index is -2.67. The summed E-state index contributed by atoms with van der Waals surface area (Å²) in [7, 11) is 0. The quantitative estimate of drug-likeness (QED) is 0.527. The maximum Gasteiger partial charge on any atom is 0.266 e. The van der Waals surface area contributed by atoms with Crippen LogP contribution in [0.4, 0.5) is 8.78 Å². The summed E-state index contributed by atoms with van der Waals surface area (Å²) in [6, 6.07) is 0. The molecule has 0 spiro atoms. The molecule has 3 saturated carbocycles. The van der Waals surface area contributed by atoms with Crippen molar-refractivity contribution < 1.29 is 24.1 Å². The average Bonchev–Trinajstić information content (AvgIpc) is 3.14. The minimum absolute atomic E-state index is 0.151. The molecule has 1 saturated heterocycles. The molecule has 34 heavy (non-hydrogen) atoms. The first-order chi connectivity index (χ1) is 16.0. The van der Waals surface area contributed by atoms with Crippen molar-refractivity contribution in [2.75, 3.05) is 19.6 Å². The first kappa shape index (κ1) is 26.0. The maximum atomic E-state index is 13.1. The van der Waals surface area contributed by atoms with Gasteiger partial charge in [-0.2, -0.15) is 0 Å². The Morgan fingerprint density at radius 2 is 1.85 bits per heavy atom. The number of aliphatic hydroxyl groups is 3.